The van der Waals surface area contributed by atoms with Crippen LogP contribution in [0, 0.1) is 0 Å². The van der Waals surface area contributed by atoms with Gasteiger partial charge in [0, 0.05) is 6.42 Å². The Kier molecular flexibility index (Phi) is 3.20. The zero-order valence-electron chi connectivity index (χ0n) is 12.7. The second-order valence-electron chi connectivity index (χ2n) is 5.78. The highest BCUT2D eigenvalue weighted by molar-refractivity contribution is 6.03. The van der Waals surface area contributed by atoms with E-state index < -0.39 is 0 Å². The van der Waals surface area contributed by atoms with Gasteiger partial charge in [0.2, 0.25) is 0 Å². The van der Waals surface area contributed by atoms with Gasteiger partial charge in [0.15, 0.2) is 5.78 Å². The first-order valence-electron chi connectivity index (χ1n) is 7.56. The van der Waals surface area contributed by atoms with Crippen molar-refractivity contribution in [3.8, 4) is 5.75 Å². The van der Waals surface area contributed by atoms with Gasteiger partial charge in [0.1, 0.15) is 5.75 Å². The first-order valence-corrected chi connectivity index (χ1v) is 7.56. The van der Waals surface area contributed by atoms with E-state index in [9.17, 15) is 14.7 Å². The molecular formula is C19H14N2O3. The van der Waals surface area contributed by atoms with Gasteiger partial charge in [0.25, 0.3) is 0 Å². The van der Waals surface area contributed by atoms with E-state index in [0.717, 1.165) is 16.3 Å². The van der Waals surface area contributed by atoms with Gasteiger partial charge >= 0.3 is 5.69 Å². The molecule has 4 rings (SSSR count). The van der Waals surface area contributed by atoms with Crippen LogP contribution in [0.15, 0.2) is 59.4 Å². The van der Waals surface area contributed by atoms with Crippen LogP contribution in [0.3, 0.4) is 0 Å². The number of imidazole rings is 1. The molecule has 3 aromatic carbocycles. The smallest absolute Gasteiger partial charge is 0.323 e. The van der Waals surface area contributed by atoms with Crippen molar-refractivity contribution in [2.24, 2.45) is 0 Å². The third kappa shape index (κ3) is 2.46. The van der Waals surface area contributed by atoms with Crippen LogP contribution in [0.5, 0.6) is 5.75 Å². The maximum absolute atomic E-state index is 12.6. The Hall–Kier alpha value is -3.34. The van der Waals surface area contributed by atoms with Crippen molar-refractivity contribution in [3.05, 3.63) is 76.2 Å². The fourth-order valence-electron chi connectivity index (χ4n) is 2.92. The summed E-state index contributed by atoms with van der Waals surface area (Å²) in [6.45, 7) is 0. The van der Waals surface area contributed by atoms with Crippen LogP contribution in [-0.4, -0.2) is 20.9 Å². The molecule has 0 fully saturated rings. The predicted molar refractivity (Wildman–Crippen MR) is 92.6 cm³/mol. The molecule has 4 aromatic rings. The lowest BCUT2D eigenvalue weighted by atomic mass is 9.99. The van der Waals surface area contributed by atoms with Gasteiger partial charge < -0.3 is 15.1 Å². The van der Waals surface area contributed by atoms with E-state index in [1.54, 1.807) is 30.3 Å². The summed E-state index contributed by atoms with van der Waals surface area (Å²) >= 11 is 0. The number of carbonyl (C=O) groups is 1. The Morgan fingerprint density at radius 1 is 0.917 bits per heavy atom. The molecule has 0 aliphatic heterocycles. The molecule has 0 saturated heterocycles. The molecular weight excluding hydrogens is 304 g/mol. The molecule has 3 N–H and O–H groups in total. The second kappa shape index (κ2) is 5.38. The molecule has 118 valence electrons. The van der Waals surface area contributed by atoms with Gasteiger partial charge in [-0.15, -0.1) is 0 Å². The molecule has 0 spiro atoms. The van der Waals surface area contributed by atoms with Gasteiger partial charge in [-0.25, -0.2) is 4.79 Å². The maximum atomic E-state index is 12.6. The lowest BCUT2D eigenvalue weighted by Gasteiger charge is -2.07. The van der Waals surface area contributed by atoms with Crippen LogP contribution in [0.1, 0.15) is 15.9 Å². The Morgan fingerprint density at radius 2 is 1.62 bits per heavy atom. The Labute approximate surface area is 136 Å². The third-order valence-electron chi connectivity index (χ3n) is 4.11. The highest BCUT2D eigenvalue weighted by Gasteiger charge is 2.14. The summed E-state index contributed by atoms with van der Waals surface area (Å²) in [7, 11) is 0. The maximum Gasteiger partial charge on any atom is 0.323 e. The minimum Gasteiger partial charge on any atom is -0.507 e. The molecule has 0 aliphatic carbocycles. The molecule has 1 aromatic heterocycles. The molecule has 5 nitrogen and oxygen atoms in total. The van der Waals surface area contributed by atoms with Crippen LogP contribution in [-0.2, 0) is 6.42 Å². The Morgan fingerprint density at radius 3 is 2.42 bits per heavy atom. The molecule has 0 amide bonds. The number of nitrogens with one attached hydrogen (secondary N) is 2. The number of hydrogen-bond donors (Lipinski definition) is 3. The second-order valence-corrected chi connectivity index (χ2v) is 5.78. The van der Waals surface area contributed by atoms with E-state index >= 15 is 0 Å². The van der Waals surface area contributed by atoms with Crippen LogP contribution in [0.4, 0.5) is 0 Å². The number of Topliss-reactive ketones (excluding diaryl/α,β-unsaturated/α-hetero) is 1. The molecule has 5 heteroatoms. The van der Waals surface area contributed by atoms with Crippen LogP contribution in [0.25, 0.3) is 21.8 Å². The largest absolute Gasteiger partial charge is 0.507 e. The van der Waals surface area contributed by atoms with E-state index in [1.165, 1.54) is 0 Å². The predicted octanol–water partition coefficient (Wildman–Crippen LogP) is 3.14. The number of hydrogen-bond acceptors (Lipinski definition) is 3. The van der Waals surface area contributed by atoms with Gasteiger partial charge in [-0.05, 0) is 40.6 Å². The number of carbonyl (C=O) groups excluding carboxylic acids is 1. The molecule has 0 unspecified atom stereocenters. The summed E-state index contributed by atoms with van der Waals surface area (Å²) in [4.78, 5) is 29.2. The number of aromatic hydroxyl groups is 1. The summed E-state index contributed by atoms with van der Waals surface area (Å²) < 4.78 is 0. The number of ketones is 1. The van der Waals surface area contributed by atoms with Gasteiger partial charge in [-0.3, -0.25) is 4.79 Å². The SMILES string of the molecule is O=C(Cc1ccc2[nH]c(=O)[nH]c2c1)c1cc2ccccc2cc1O. The highest BCUT2D eigenvalue weighted by Crippen LogP contribution is 2.26. The minimum atomic E-state index is -0.277. The number of phenols is 1. The normalized spacial score (nSPS) is 11.2. The Balaban J connectivity index is 1.69. The van der Waals surface area contributed by atoms with E-state index in [-0.39, 0.29) is 23.6 Å². The summed E-state index contributed by atoms with van der Waals surface area (Å²) in [5.74, 6) is -0.190. The monoisotopic (exact) mass is 318 g/mol. The van der Waals surface area contributed by atoms with Crippen LogP contribution < -0.4 is 5.69 Å². The van der Waals surface area contributed by atoms with Crippen molar-refractivity contribution >= 4 is 27.6 Å². The molecule has 0 bridgehead atoms. The fourth-order valence-corrected chi connectivity index (χ4v) is 2.92. The van der Waals surface area contributed by atoms with Crippen molar-refractivity contribution in [3.63, 3.8) is 0 Å². The van der Waals surface area contributed by atoms with E-state index in [4.69, 9.17) is 0 Å². The average molecular weight is 318 g/mol. The number of phenolic OH excluding ortho intramolecular Hbond substituents is 1. The van der Waals surface area contributed by atoms with E-state index in [0.29, 0.717) is 16.6 Å². The number of aromatic amines is 2. The standard InChI is InChI=1S/C19H14N2O3/c22-17(8-11-5-6-15-16(7-11)21-19(24)20-15)14-9-12-3-1-2-4-13(12)10-18(14)23/h1-7,9-10,23H,8H2,(H2,20,21,24). The first kappa shape index (κ1) is 14.3. The average Bonchev–Trinajstić information content (AvgIpc) is 2.93. The number of benzene rings is 3. The van der Waals surface area contributed by atoms with Crippen molar-refractivity contribution < 1.29 is 9.90 Å². The molecule has 24 heavy (non-hydrogen) atoms. The number of fused-ring (bicyclic) bond motifs is 2. The summed E-state index contributed by atoms with van der Waals surface area (Å²) in [5, 5.41) is 12.0. The zero-order valence-corrected chi connectivity index (χ0v) is 12.7. The summed E-state index contributed by atoms with van der Waals surface area (Å²) in [6.07, 6.45) is 0.148. The van der Waals surface area contributed by atoms with Crippen molar-refractivity contribution in [1.29, 1.82) is 0 Å². The third-order valence-corrected chi connectivity index (χ3v) is 4.11. The summed E-state index contributed by atoms with van der Waals surface area (Å²) in [5.41, 5.74) is 2.16. The molecule has 0 atom stereocenters. The molecule has 0 saturated carbocycles. The number of rotatable bonds is 3. The van der Waals surface area contributed by atoms with Gasteiger partial charge in [-0.1, -0.05) is 30.3 Å². The molecule has 1 heterocycles. The van der Waals surface area contributed by atoms with Crippen molar-refractivity contribution in [2.45, 2.75) is 6.42 Å². The fraction of sp³-hybridized carbons (Fsp3) is 0.0526. The van der Waals surface area contributed by atoms with Gasteiger partial charge in [-0.2, -0.15) is 0 Å². The molecule has 0 aliphatic rings. The van der Waals surface area contributed by atoms with Crippen molar-refractivity contribution in [2.75, 3.05) is 0 Å². The van der Waals surface area contributed by atoms with Crippen molar-refractivity contribution in [1.82, 2.24) is 9.97 Å². The van der Waals surface area contributed by atoms with Crippen LogP contribution >= 0.6 is 0 Å². The Bertz CT molecular complexity index is 1140. The number of aromatic nitrogens is 2. The highest BCUT2D eigenvalue weighted by atomic mass is 16.3. The topological polar surface area (TPSA) is 86.0 Å². The van der Waals surface area contributed by atoms with Crippen LogP contribution in [0.2, 0.25) is 0 Å². The lowest BCUT2D eigenvalue weighted by Crippen LogP contribution is -2.04. The quantitative estimate of drug-likeness (QED) is 0.507. The molecule has 0 radical (unpaired) electrons. The first-order chi connectivity index (χ1) is 11.6. The zero-order chi connectivity index (χ0) is 16.7. The lowest BCUT2D eigenvalue weighted by molar-refractivity contribution is 0.0990. The summed E-state index contributed by atoms with van der Waals surface area (Å²) in [6, 6.07) is 16.2. The van der Waals surface area contributed by atoms with E-state index in [2.05, 4.69) is 9.97 Å². The van der Waals surface area contributed by atoms with E-state index in [1.807, 2.05) is 24.3 Å². The van der Waals surface area contributed by atoms with Gasteiger partial charge in [0.05, 0.1) is 16.6 Å². The minimum absolute atomic E-state index is 0.0187. The number of H-pyrrole nitrogens is 2.